The van der Waals surface area contributed by atoms with E-state index in [4.69, 9.17) is 5.73 Å². The molecule has 0 spiro atoms. The molecule has 0 amide bonds. The number of nitrogens with two attached hydrogens (primary N) is 1. The molecule has 3 heteroatoms. The number of hydrogen-bond donors (Lipinski definition) is 2. The predicted molar refractivity (Wildman–Crippen MR) is 66.5 cm³/mol. The third-order valence-electron chi connectivity index (χ3n) is 3.22. The van der Waals surface area contributed by atoms with E-state index >= 15 is 0 Å². The zero-order valence-electron chi connectivity index (χ0n) is 9.60. The molecule has 1 aliphatic heterocycles. The van der Waals surface area contributed by atoms with Crippen LogP contribution in [-0.4, -0.2) is 24.7 Å². The summed E-state index contributed by atoms with van der Waals surface area (Å²) in [6.45, 7) is 2.58. The minimum absolute atomic E-state index is 0.281. The first-order chi connectivity index (χ1) is 7.81. The second kappa shape index (κ2) is 5.32. The van der Waals surface area contributed by atoms with Crippen molar-refractivity contribution in [2.24, 2.45) is 5.73 Å². The Morgan fingerprint density at radius 2 is 1.75 bits per heavy atom. The number of benzene rings is 1. The highest BCUT2D eigenvalue weighted by Gasteiger charge is 2.11. The first-order valence-corrected chi connectivity index (χ1v) is 6.04. The van der Waals surface area contributed by atoms with E-state index in [0.717, 1.165) is 18.7 Å². The van der Waals surface area contributed by atoms with Gasteiger partial charge in [-0.25, -0.2) is 0 Å². The molecule has 0 unspecified atom stereocenters. The fourth-order valence-corrected chi connectivity index (χ4v) is 2.20. The molecule has 1 aliphatic rings. The Kier molecular flexibility index (Phi) is 3.80. The number of aliphatic hydroxyl groups is 1. The van der Waals surface area contributed by atoms with Gasteiger partial charge in [0.05, 0.1) is 6.10 Å². The molecule has 1 fully saturated rings. The molecule has 0 saturated carbocycles. The molecular weight excluding hydrogens is 200 g/mol. The topological polar surface area (TPSA) is 49.5 Å². The highest BCUT2D eigenvalue weighted by Crippen LogP contribution is 2.22. The number of piperidine rings is 1. The van der Waals surface area contributed by atoms with E-state index in [2.05, 4.69) is 17.0 Å². The second-order valence-electron chi connectivity index (χ2n) is 4.39. The first kappa shape index (κ1) is 11.4. The molecule has 0 aliphatic carbocycles. The number of anilines is 1. The molecule has 88 valence electrons. The highest BCUT2D eigenvalue weighted by atomic mass is 16.3. The van der Waals surface area contributed by atoms with Crippen LogP contribution in [0.3, 0.4) is 0 Å². The van der Waals surface area contributed by atoms with Gasteiger partial charge in [-0.3, -0.25) is 0 Å². The van der Waals surface area contributed by atoms with Gasteiger partial charge < -0.3 is 15.7 Å². The molecule has 1 atom stereocenters. The van der Waals surface area contributed by atoms with Crippen molar-refractivity contribution in [2.75, 3.05) is 24.5 Å². The summed E-state index contributed by atoms with van der Waals surface area (Å²) in [6.07, 6.45) is 3.39. The van der Waals surface area contributed by atoms with Gasteiger partial charge in [0.15, 0.2) is 0 Å². The smallest absolute Gasteiger partial charge is 0.0912 e. The van der Waals surface area contributed by atoms with E-state index in [0.29, 0.717) is 0 Å². The minimum Gasteiger partial charge on any atom is -0.387 e. The lowest BCUT2D eigenvalue weighted by Crippen LogP contribution is -2.29. The van der Waals surface area contributed by atoms with Crippen LogP contribution in [0, 0.1) is 0 Å². The number of nitrogens with zero attached hydrogens (tertiary/aromatic N) is 1. The summed E-state index contributed by atoms with van der Waals surface area (Å²) >= 11 is 0. The molecule has 0 bridgehead atoms. The van der Waals surface area contributed by atoms with Crippen LogP contribution in [0.5, 0.6) is 0 Å². The van der Waals surface area contributed by atoms with Gasteiger partial charge in [0.2, 0.25) is 0 Å². The summed E-state index contributed by atoms with van der Waals surface area (Å²) in [5, 5.41) is 9.59. The van der Waals surface area contributed by atoms with Gasteiger partial charge in [-0.2, -0.15) is 0 Å². The summed E-state index contributed by atoms with van der Waals surface area (Å²) in [6, 6.07) is 8.11. The van der Waals surface area contributed by atoms with Crippen LogP contribution in [0.1, 0.15) is 30.9 Å². The number of aliphatic hydroxyl groups excluding tert-OH is 1. The largest absolute Gasteiger partial charge is 0.387 e. The van der Waals surface area contributed by atoms with Gasteiger partial charge >= 0.3 is 0 Å². The van der Waals surface area contributed by atoms with Crippen molar-refractivity contribution in [1.82, 2.24) is 0 Å². The van der Waals surface area contributed by atoms with E-state index in [9.17, 15) is 5.11 Å². The van der Waals surface area contributed by atoms with Crippen molar-refractivity contribution in [3.05, 3.63) is 29.8 Å². The average molecular weight is 220 g/mol. The minimum atomic E-state index is -0.532. The monoisotopic (exact) mass is 220 g/mol. The fraction of sp³-hybridized carbons (Fsp3) is 0.538. The lowest BCUT2D eigenvalue weighted by molar-refractivity contribution is 0.187. The summed E-state index contributed by atoms with van der Waals surface area (Å²) < 4.78 is 0. The van der Waals surface area contributed by atoms with Gasteiger partial charge in [0.25, 0.3) is 0 Å². The van der Waals surface area contributed by atoms with Crippen molar-refractivity contribution in [2.45, 2.75) is 25.4 Å². The third kappa shape index (κ3) is 2.54. The summed E-state index contributed by atoms with van der Waals surface area (Å²) in [5.41, 5.74) is 7.59. The van der Waals surface area contributed by atoms with Crippen molar-refractivity contribution >= 4 is 5.69 Å². The maximum Gasteiger partial charge on any atom is 0.0912 e. The first-order valence-electron chi connectivity index (χ1n) is 6.04. The van der Waals surface area contributed by atoms with Crippen LogP contribution in [0.15, 0.2) is 24.3 Å². The normalized spacial score (nSPS) is 18.5. The molecule has 1 aromatic rings. The third-order valence-corrected chi connectivity index (χ3v) is 3.22. The van der Waals surface area contributed by atoms with Crippen molar-refractivity contribution < 1.29 is 5.11 Å². The molecule has 1 heterocycles. The quantitative estimate of drug-likeness (QED) is 0.814. The number of hydrogen-bond acceptors (Lipinski definition) is 3. The molecule has 3 nitrogen and oxygen atoms in total. The maximum atomic E-state index is 9.59. The average Bonchev–Trinajstić information content (AvgIpc) is 2.39. The number of rotatable bonds is 3. The Balaban J connectivity index is 2.06. The van der Waals surface area contributed by atoms with Crippen LogP contribution in [-0.2, 0) is 0 Å². The lowest BCUT2D eigenvalue weighted by Gasteiger charge is -2.29. The molecule has 0 aromatic heterocycles. The Labute approximate surface area is 96.9 Å². The molecule has 16 heavy (non-hydrogen) atoms. The Bertz CT molecular complexity index is 317. The van der Waals surface area contributed by atoms with Crippen LogP contribution in [0.2, 0.25) is 0 Å². The summed E-state index contributed by atoms with van der Waals surface area (Å²) in [4.78, 5) is 2.40. The van der Waals surface area contributed by atoms with Crippen molar-refractivity contribution in [1.29, 1.82) is 0 Å². The zero-order chi connectivity index (χ0) is 11.4. The van der Waals surface area contributed by atoms with Crippen LogP contribution in [0.4, 0.5) is 5.69 Å². The van der Waals surface area contributed by atoms with Crippen LogP contribution in [0.25, 0.3) is 0 Å². The van der Waals surface area contributed by atoms with Crippen LogP contribution < -0.4 is 10.6 Å². The highest BCUT2D eigenvalue weighted by molar-refractivity contribution is 5.48. The van der Waals surface area contributed by atoms with Crippen LogP contribution >= 0.6 is 0 Å². The van der Waals surface area contributed by atoms with Crippen molar-refractivity contribution in [3.63, 3.8) is 0 Å². The Morgan fingerprint density at radius 3 is 2.31 bits per heavy atom. The molecule has 1 saturated heterocycles. The lowest BCUT2D eigenvalue weighted by atomic mass is 10.1. The van der Waals surface area contributed by atoms with E-state index < -0.39 is 6.10 Å². The Hall–Kier alpha value is -1.06. The fourth-order valence-electron chi connectivity index (χ4n) is 2.20. The molecule has 3 N–H and O–H groups in total. The SMILES string of the molecule is NC[C@@H](O)c1ccc(N2CCCCC2)cc1. The van der Waals surface area contributed by atoms with E-state index in [1.807, 2.05) is 12.1 Å². The van der Waals surface area contributed by atoms with Gasteiger partial charge in [0, 0.05) is 25.3 Å². The Morgan fingerprint density at radius 1 is 1.12 bits per heavy atom. The van der Waals surface area contributed by atoms with Gasteiger partial charge in [0.1, 0.15) is 0 Å². The van der Waals surface area contributed by atoms with Crippen molar-refractivity contribution in [3.8, 4) is 0 Å². The molecule has 0 radical (unpaired) electrons. The summed E-state index contributed by atoms with van der Waals surface area (Å²) in [5.74, 6) is 0. The van der Waals surface area contributed by atoms with Gasteiger partial charge in [-0.15, -0.1) is 0 Å². The predicted octanol–water partition coefficient (Wildman–Crippen LogP) is 1.67. The maximum absolute atomic E-state index is 9.59. The van der Waals surface area contributed by atoms with E-state index in [1.165, 1.54) is 24.9 Å². The van der Waals surface area contributed by atoms with Gasteiger partial charge in [-0.05, 0) is 37.0 Å². The molecule has 1 aromatic carbocycles. The zero-order valence-corrected chi connectivity index (χ0v) is 9.60. The van der Waals surface area contributed by atoms with E-state index in [1.54, 1.807) is 0 Å². The van der Waals surface area contributed by atoms with E-state index in [-0.39, 0.29) is 6.54 Å². The second-order valence-corrected chi connectivity index (χ2v) is 4.39. The summed E-state index contributed by atoms with van der Waals surface area (Å²) in [7, 11) is 0. The van der Waals surface area contributed by atoms with Gasteiger partial charge in [-0.1, -0.05) is 12.1 Å². The molecular formula is C13H20N2O. The molecule has 2 rings (SSSR count). The standard InChI is InChI=1S/C13H20N2O/c14-10-13(16)11-4-6-12(7-5-11)15-8-2-1-3-9-15/h4-7,13,16H,1-3,8-10,14H2/t13-/m1/s1.